The first-order chi connectivity index (χ1) is 10.2. The number of methoxy groups -OCH3 is 1. The Kier molecular flexibility index (Phi) is 5.17. The molecule has 0 aromatic heterocycles. The van der Waals surface area contributed by atoms with E-state index in [1.54, 1.807) is 13.2 Å². The first-order valence-corrected chi connectivity index (χ1v) is 6.58. The highest BCUT2D eigenvalue weighted by Gasteiger charge is 2.11. The monoisotopic (exact) mass is 286 g/mol. The number of benzene rings is 2. The number of para-hydroxylation sites is 2. The summed E-state index contributed by atoms with van der Waals surface area (Å²) >= 11 is 0. The van der Waals surface area contributed by atoms with Crippen molar-refractivity contribution in [3.05, 3.63) is 54.1 Å². The van der Waals surface area contributed by atoms with E-state index >= 15 is 0 Å². The van der Waals surface area contributed by atoms with Crippen LogP contribution >= 0.6 is 0 Å². The van der Waals surface area contributed by atoms with Gasteiger partial charge in [-0.2, -0.15) is 0 Å². The minimum Gasteiger partial charge on any atom is -0.493 e. The molecule has 2 rings (SSSR count). The van der Waals surface area contributed by atoms with E-state index in [0.717, 1.165) is 11.3 Å². The number of nitrogens with two attached hydrogens (primary N) is 1. The molecule has 5 heteroatoms. The van der Waals surface area contributed by atoms with Crippen molar-refractivity contribution in [3.8, 4) is 11.5 Å². The number of hydrogen-bond donors (Lipinski definition) is 2. The van der Waals surface area contributed by atoms with Crippen LogP contribution in [0.1, 0.15) is 5.56 Å². The Labute approximate surface area is 123 Å². The fourth-order valence-electron chi connectivity index (χ4n) is 1.90. The third-order valence-electron chi connectivity index (χ3n) is 2.91. The van der Waals surface area contributed by atoms with Crippen LogP contribution in [0.5, 0.6) is 11.5 Å². The van der Waals surface area contributed by atoms with E-state index in [4.69, 9.17) is 15.2 Å². The lowest BCUT2D eigenvalue weighted by atomic mass is 10.2. The van der Waals surface area contributed by atoms with Crippen molar-refractivity contribution < 1.29 is 14.3 Å². The van der Waals surface area contributed by atoms with E-state index in [-0.39, 0.29) is 12.5 Å². The van der Waals surface area contributed by atoms with Crippen LogP contribution in [0.3, 0.4) is 0 Å². The summed E-state index contributed by atoms with van der Waals surface area (Å²) < 4.78 is 10.8. The average Bonchev–Trinajstić information content (AvgIpc) is 2.53. The number of amides is 1. The molecule has 0 aliphatic carbocycles. The number of ether oxygens (including phenoxy) is 2. The molecule has 2 aromatic carbocycles. The Balaban J connectivity index is 2.01. The number of carbonyl (C=O) groups excluding carboxylic acids is 1. The molecule has 0 saturated heterocycles. The van der Waals surface area contributed by atoms with Gasteiger partial charge in [0.15, 0.2) is 18.1 Å². The molecule has 110 valence electrons. The Bertz CT molecular complexity index is 577. The molecule has 0 aliphatic heterocycles. The predicted octanol–water partition coefficient (Wildman–Crippen LogP) is 2.17. The van der Waals surface area contributed by atoms with Crippen LogP contribution in [0.25, 0.3) is 0 Å². The summed E-state index contributed by atoms with van der Waals surface area (Å²) in [6, 6.07) is 14.6. The Morgan fingerprint density at radius 2 is 1.90 bits per heavy atom. The lowest BCUT2D eigenvalue weighted by molar-refractivity contribution is -0.118. The van der Waals surface area contributed by atoms with Crippen molar-refractivity contribution in [2.24, 2.45) is 5.73 Å². The Hall–Kier alpha value is -2.53. The summed E-state index contributed by atoms with van der Waals surface area (Å²) in [5, 5.41) is 2.75. The zero-order chi connectivity index (χ0) is 15.1. The fourth-order valence-corrected chi connectivity index (χ4v) is 1.90. The highest BCUT2D eigenvalue weighted by Crippen LogP contribution is 2.30. The Morgan fingerprint density at radius 1 is 1.14 bits per heavy atom. The van der Waals surface area contributed by atoms with Gasteiger partial charge < -0.3 is 20.5 Å². The molecule has 0 heterocycles. The largest absolute Gasteiger partial charge is 0.493 e. The maximum atomic E-state index is 11.9. The van der Waals surface area contributed by atoms with Crippen LogP contribution in [0.15, 0.2) is 48.5 Å². The van der Waals surface area contributed by atoms with E-state index in [0.29, 0.717) is 18.0 Å². The van der Waals surface area contributed by atoms with Crippen LogP contribution in [0, 0.1) is 0 Å². The second-order valence-corrected chi connectivity index (χ2v) is 4.36. The first kappa shape index (κ1) is 14.9. The van der Waals surface area contributed by atoms with Gasteiger partial charge in [-0.3, -0.25) is 4.79 Å². The van der Waals surface area contributed by atoms with Gasteiger partial charge in [0.2, 0.25) is 0 Å². The fraction of sp³-hybridized carbons (Fsp3) is 0.188. The third kappa shape index (κ3) is 3.97. The second kappa shape index (κ2) is 7.31. The number of rotatable bonds is 6. The molecular formula is C16H18N2O3. The van der Waals surface area contributed by atoms with Gasteiger partial charge in [-0.25, -0.2) is 0 Å². The number of carbonyl (C=O) groups is 1. The van der Waals surface area contributed by atoms with E-state index in [1.807, 2.05) is 42.5 Å². The van der Waals surface area contributed by atoms with Crippen molar-refractivity contribution in [2.45, 2.75) is 6.54 Å². The van der Waals surface area contributed by atoms with E-state index in [1.165, 1.54) is 0 Å². The molecule has 5 nitrogen and oxygen atoms in total. The van der Waals surface area contributed by atoms with Gasteiger partial charge >= 0.3 is 0 Å². The summed E-state index contributed by atoms with van der Waals surface area (Å²) in [6.45, 7) is 0.203. The van der Waals surface area contributed by atoms with Gasteiger partial charge in [-0.05, 0) is 18.2 Å². The molecular weight excluding hydrogens is 268 g/mol. The summed E-state index contributed by atoms with van der Waals surface area (Å²) in [6.07, 6.45) is 0. The molecule has 0 aliphatic rings. The van der Waals surface area contributed by atoms with Crippen molar-refractivity contribution in [3.63, 3.8) is 0 Å². The molecule has 0 bridgehead atoms. The summed E-state index contributed by atoms with van der Waals surface area (Å²) in [5.41, 5.74) is 7.19. The third-order valence-corrected chi connectivity index (χ3v) is 2.91. The van der Waals surface area contributed by atoms with E-state index in [9.17, 15) is 4.79 Å². The summed E-state index contributed by atoms with van der Waals surface area (Å²) in [7, 11) is 1.55. The lowest BCUT2D eigenvalue weighted by Crippen LogP contribution is -2.21. The molecule has 1 amide bonds. The number of anilines is 1. The quantitative estimate of drug-likeness (QED) is 0.853. The minimum atomic E-state index is -0.241. The molecule has 2 aromatic rings. The van der Waals surface area contributed by atoms with Crippen LogP contribution < -0.4 is 20.5 Å². The summed E-state index contributed by atoms with van der Waals surface area (Å²) in [5.74, 6) is 0.825. The Morgan fingerprint density at radius 3 is 2.57 bits per heavy atom. The van der Waals surface area contributed by atoms with Gasteiger partial charge in [0.05, 0.1) is 7.11 Å². The lowest BCUT2D eigenvalue weighted by Gasteiger charge is -2.14. The SMILES string of the molecule is COc1cccc(CN)c1OCC(=O)Nc1ccccc1. The smallest absolute Gasteiger partial charge is 0.262 e. The molecule has 0 atom stereocenters. The molecule has 0 unspecified atom stereocenters. The van der Waals surface area contributed by atoms with Crippen molar-refractivity contribution in [1.82, 2.24) is 0 Å². The molecule has 0 saturated carbocycles. The molecule has 3 N–H and O–H groups in total. The highest BCUT2D eigenvalue weighted by atomic mass is 16.5. The normalized spacial score (nSPS) is 10.0. The minimum absolute atomic E-state index is 0.109. The average molecular weight is 286 g/mol. The molecule has 21 heavy (non-hydrogen) atoms. The van der Waals surface area contributed by atoms with Gasteiger partial charge in [-0.1, -0.05) is 30.3 Å². The van der Waals surface area contributed by atoms with Gasteiger partial charge in [0.1, 0.15) is 0 Å². The predicted molar refractivity (Wildman–Crippen MR) is 81.5 cm³/mol. The van der Waals surface area contributed by atoms with Crippen molar-refractivity contribution in [1.29, 1.82) is 0 Å². The van der Waals surface area contributed by atoms with Crippen LogP contribution in [0.2, 0.25) is 0 Å². The molecule has 0 fully saturated rings. The topological polar surface area (TPSA) is 73.6 Å². The van der Waals surface area contributed by atoms with Crippen LogP contribution in [-0.4, -0.2) is 19.6 Å². The van der Waals surface area contributed by atoms with Gasteiger partial charge in [0, 0.05) is 17.8 Å². The van der Waals surface area contributed by atoms with Crippen molar-refractivity contribution in [2.75, 3.05) is 19.0 Å². The molecule has 0 radical (unpaired) electrons. The highest BCUT2D eigenvalue weighted by molar-refractivity contribution is 5.91. The van der Waals surface area contributed by atoms with E-state index in [2.05, 4.69) is 5.32 Å². The maximum Gasteiger partial charge on any atom is 0.262 e. The first-order valence-electron chi connectivity index (χ1n) is 6.58. The number of hydrogen-bond acceptors (Lipinski definition) is 4. The van der Waals surface area contributed by atoms with Crippen molar-refractivity contribution >= 4 is 11.6 Å². The van der Waals surface area contributed by atoms with Gasteiger partial charge in [-0.15, -0.1) is 0 Å². The van der Waals surface area contributed by atoms with Crippen LogP contribution in [-0.2, 0) is 11.3 Å². The van der Waals surface area contributed by atoms with Gasteiger partial charge in [0.25, 0.3) is 5.91 Å². The standard InChI is InChI=1S/C16H18N2O3/c1-20-14-9-5-6-12(10-17)16(14)21-11-15(19)18-13-7-3-2-4-8-13/h2-9H,10-11,17H2,1H3,(H,18,19). The zero-order valence-electron chi connectivity index (χ0n) is 11.8. The van der Waals surface area contributed by atoms with Crippen LogP contribution in [0.4, 0.5) is 5.69 Å². The maximum absolute atomic E-state index is 11.9. The number of nitrogens with one attached hydrogen (secondary N) is 1. The molecule has 0 spiro atoms. The summed E-state index contributed by atoms with van der Waals surface area (Å²) in [4.78, 5) is 11.9. The zero-order valence-corrected chi connectivity index (χ0v) is 11.8. The second-order valence-electron chi connectivity index (χ2n) is 4.36. The van der Waals surface area contributed by atoms with E-state index < -0.39 is 0 Å².